The summed E-state index contributed by atoms with van der Waals surface area (Å²) in [5.74, 6) is -4.29. The molecule has 2 fully saturated rings. The topological polar surface area (TPSA) is 260 Å². The van der Waals surface area contributed by atoms with Gasteiger partial charge in [0.25, 0.3) is 5.91 Å². The number of oxime groups is 1. The molecular formula is C31H33Cl2N10NaO8S2. The number of aromatic hydroxyl groups is 2. The number of nitrogens with two attached hydrogens (primary N) is 1. The minimum atomic E-state index is -1.90. The first-order chi connectivity index (χ1) is 25.1. The molecule has 0 saturated carbocycles. The number of ketones is 1. The molecule has 0 aliphatic carbocycles. The first kappa shape index (κ1) is 41.7. The van der Waals surface area contributed by atoms with Crippen LogP contribution in [-0.4, -0.2) is 119 Å². The Bertz CT molecular complexity index is 2020. The summed E-state index contributed by atoms with van der Waals surface area (Å²) in [6.45, 7) is 5.36. The van der Waals surface area contributed by atoms with Crippen LogP contribution in [0.1, 0.15) is 55.0 Å². The van der Waals surface area contributed by atoms with Gasteiger partial charge in [-0.15, -0.1) is 11.8 Å². The van der Waals surface area contributed by atoms with E-state index in [-0.39, 0.29) is 85.7 Å². The first-order valence-electron chi connectivity index (χ1n) is 16.2. The van der Waals surface area contributed by atoms with Gasteiger partial charge in [0.05, 0.1) is 65.5 Å². The van der Waals surface area contributed by atoms with Crippen LogP contribution < -0.4 is 50.8 Å². The maximum Gasteiger partial charge on any atom is 1.00 e. The van der Waals surface area contributed by atoms with Crippen molar-refractivity contribution in [1.29, 1.82) is 0 Å². The number of halogens is 2. The third kappa shape index (κ3) is 8.35. The number of fused-ring (bicyclic) bond motifs is 1. The van der Waals surface area contributed by atoms with Crippen molar-refractivity contribution in [1.82, 2.24) is 35.8 Å². The Balaban J connectivity index is 0.00000561. The summed E-state index contributed by atoms with van der Waals surface area (Å²) in [7, 11) is 0. The number of phenolic OH excluding ortho intramolecular Hbond substituents is 2. The molecule has 2 amide bonds. The number of nitrogens with one attached hydrogen (secondary N) is 1. The van der Waals surface area contributed by atoms with Gasteiger partial charge in [0, 0.05) is 30.6 Å². The summed E-state index contributed by atoms with van der Waals surface area (Å²) < 4.78 is 0.632. The maximum atomic E-state index is 13.9. The molecule has 1 aromatic carbocycles. The van der Waals surface area contributed by atoms with Gasteiger partial charge in [-0.2, -0.15) is 5.21 Å². The fraction of sp³-hybridized carbons (Fsp3) is 0.452. The molecule has 0 bridgehead atoms. The molecule has 23 heteroatoms. The molecule has 3 aliphatic heterocycles. The third-order valence-corrected chi connectivity index (χ3v) is 12.2. The number of hydrogen-bond donors (Lipinski definition) is 4. The van der Waals surface area contributed by atoms with Crippen LogP contribution in [-0.2, 0) is 19.2 Å². The Morgan fingerprint density at radius 3 is 2.59 bits per heavy atom. The number of hydrogen-bond acceptors (Lipinski definition) is 16. The van der Waals surface area contributed by atoms with E-state index in [9.17, 15) is 34.5 Å². The van der Waals surface area contributed by atoms with Gasteiger partial charge >= 0.3 is 29.6 Å². The number of quaternary nitrogens is 1. The number of carboxylic acids is 1. The molecule has 282 valence electrons. The minimum Gasteiger partial charge on any atom is -0.546 e. The van der Waals surface area contributed by atoms with E-state index in [0.29, 0.717) is 29.0 Å². The van der Waals surface area contributed by atoms with Crippen molar-refractivity contribution in [2.45, 2.75) is 44.1 Å². The van der Waals surface area contributed by atoms with E-state index in [1.165, 1.54) is 37.7 Å². The summed E-state index contributed by atoms with van der Waals surface area (Å²) in [6.07, 6.45) is 1.59. The Kier molecular flexibility index (Phi) is 12.9. The van der Waals surface area contributed by atoms with Gasteiger partial charge in [-0.3, -0.25) is 29.6 Å². The quantitative estimate of drug-likeness (QED) is 0.0335. The number of aromatic nitrogens is 5. The number of benzene rings is 1. The van der Waals surface area contributed by atoms with Crippen LogP contribution in [0, 0.1) is 5.92 Å². The number of Topliss-reactive ketones (excluding diaryl/α,β-unsaturated/α-hetero) is 1. The fourth-order valence-corrected chi connectivity index (χ4v) is 9.05. The van der Waals surface area contributed by atoms with E-state index < -0.39 is 46.1 Å². The van der Waals surface area contributed by atoms with Gasteiger partial charge in [0.1, 0.15) is 16.6 Å². The molecule has 3 aliphatic rings. The Labute approximate surface area is 348 Å². The largest absolute Gasteiger partial charge is 1.00 e. The fourth-order valence-electron chi connectivity index (χ4n) is 6.48. The average Bonchev–Trinajstić information content (AvgIpc) is 3.88. The van der Waals surface area contributed by atoms with E-state index in [4.69, 9.17) is 33.8 Å². The molecule has 0 radical (unpaired) electrons. The van der Waals surface area contributed by atoms with E-state index in [1.54, 1.807) is 4.90 Å². The number of β-lactam (4-membered cyclic amide) rings is 1. The van der Waals surface area contributed by atoms with E-state index >= 15 is 0 Å². The van der Waals surface area contributed by atoms with Gasteiger partial charge in [-0.05, 0) is 26.0 Å². The molecule has 2 aromatic heterocycles. The zero-order chi connectivity index (χ0) is 38.2. The summed E-state index contributed by atoms with van der Waals surface area (Å²) in [5.41, 5.74) is 4.79. The zero-order valence-electron chi connectivity index (χ0n) is 29.2. The number of carbonyl (C=O) groups excluding carboxylic acids is 4. The number of nitrogen functional groups attached to an aromatic ring is 1. The number of likely N-dealkylation sites (tertiary alicyclic amines) is 1. The standard InChI is InChI=1S/C31H34Cl2N10O8S2.Na/c1-31(2,29(49)50)51-39-20(21-24(33)53-30(34)36-21)18(45)11-16-27(48)42-22(25-37-40-41-38-25)14(13-52-28(16)42)12-43(8-3-4-9-43)10-7-35-26(47)15-5-6-17(44)23(46)19(15)32;/h5-6,16,28H,3-4,7-13H2,1-2H3,(H6-,34,35,36,37,38,39,40,41,44,45,46,47,49,50);/q;+1/p-1/t16-,28-;/m1./s1. The van der Waals surface area contributed by atoms with Crippen LogP contribution in [0.3, 0.4) is 0 Å². The predicted molar refractivity (Wildman–Crippen MR) is 191 cm³/mol. The number of carbonyl (C=O) groups is 4. The SMILES string of the molecule is CC(C)(O/N=C(\C(=O)C[C@@H]1C(=O)N2C(c3nnn[n-]3)=C(C[N+]3(CCNC(=O)c4ccc(O)c(O)c4Cl)CCCC3)CS[C@H]12)c1nc(N)sc1Cl)C(=O)[O-].[Na+]. The minimum absolute atomic E-state index is 0. The second kappa shape index (κ2) is 16.7. The summed E-state index contributed by atoms with van der Waals surface area (Å²) in [5, 5.41) is 52.6. The van der Waals surface area contributed by atoms with Gasteiger partial charge in [-0.25, -0.2) is 4.98 Å². The van der Waals surface area contributed by atoms with Crippen LogP contribution >= 0.6 is 46.3 Å². The van der Waals surface area contributed by atoms with Gasteiger partial charge < -0.3 is 45.6 Å². The number of carboxylic acid groups (broad SMARTS) is 1. The zero-order valence-corrected chi connectivity index (χ0v) is 34.4. The number of thioether (sulfide) groups is 1. The molecule has 54 heavy (non-hydrogen) atoms. The number of anilines is 1. The monoisotopic (exact) mass is 830 g/mol. The van der Waals surface area contributed by atoms with Crippen LogP contribution in [0.15, 0.2) is 22.9 Å². The summed E-state index contributed by atoms with van der Waals surface area (Å²) in [4.78, 5) is 62.9. The van der Waals surface area contributed by atoms with Crippen molar-refractivity contribution in [3.8, 4) is 11.5 Å². The number of rotatable bonds is 14. The normalized spacial score (nSPS) is 19.5. The average molecular weight is 832 g/mol. The molecule has 0 unspecified atom stereocenters. The second-order valence-corrected chi connectivity index (χ2v) is 16.3. The van der Waals surface area contributed by atoms with Crippen molar-refractivity contribution in [3.63, 3.8) is 0 Å². The number of tetrazole rings is 1. The molecular weight excluding hydrogens is 798 g/mol. The molecule has 18 nitrogen and oxygen atoms in total. The Morgan fingerprint density at radius 2 is 1.96 bits per heavy atom. The van der Waals surface area contributed by atoms with Crippen molar-refractivity contribution in [2.75, 3.05) is 44.2 Å². The summed E-state index contributed by atoms with van der Waals surface area (Å²) >= 11 is 14.7. The summed E-state index contributed by atoms with van der Waals surface area (Å²) in [6, 6.07) is 2.52. The van der Waals surface area contributed by atoms with Gasteiger partial charge in [0.2, 0.25) is 5.91 Å². The predicted octanol–water partition coefficient (Wildman–Crippen LogP) is -2.22. The van der Waals surface area contributed by atoms with Crippen molar-refractivity contribution < 1.29 is 73.4 Å². The van der Waals surface area contributed by atoms with Crippen LogP contribution in [0.5, 0.6) is 11.5 Å². The molecule has 2 atom stereocenters. The van der Waals surface area contributed by atoms with Gasteiger partial charge in [0.15, 0.2) is 33.7 Å². The molecule has 3 aromatic rings. The third-order valence-electron chi connectivity index (χ3n) is 9.29. The van der Waals surface area contributed by atoms with E-state index in [2.05, 4.69) is 36.1 Å². The molecule has 5 heterocycles. The Hall–Kier alpha value is -3.50. The number of thiazole rings is 1. The first-order valence-corrected chi connectivity index (χ1v) is 18.9. The smallest absolute Gasteiger partial charge is 0.546 e. The molecule has 2 saturated heterocycles. The molecule has 5 N–H and O–H groups in total. The van der Waals surface area contributed by atoms with Crippen molar-refractivity contribution >= 4 is 86.4 Å². The van der Waals surface area contributed by atoms with Crippen molar-refractivity contribution in [3.05, 3.63) is 44.1 Å². The Morgan fingerprint density at radius 1 is 1.24 bits per heavy atom. The number of aliphatic carboxylic acids is 1. The molecule has 6 rings (SSSR count). The van der Waals surface area contributed by atoms with Crippen LogP contribution in [0.2, 0.25) is 9.36 Å². The van der Waals surface area contributed by atoms with Gasteiger partial charge in [-0.1, -0.05) is 39.7 Å². The van der Waals surface area contributed by atoms with Crippen LogP contribution in [0.4, 0.5) is 5.13 Å². The van der Waals surface area contributed by atoms with E-state index in [1.807, 2.05) is 0 Å². The van der Waals surface area contributed by atoms with E-state index in [0.717, 1.165) is 42.8 Å². The number of phenols is 2. The number of amides is 2. The molecule has 0 spiro atoms. The number of nitrogens with zero attached hydrogens (tertiary/aromatic N) is 8. The second-order valence-electron chi connectivity index (χ2n) is 13.2. The van der Waals surface area contributed by atoms with Crippen molar-refractivity contribution in [2.24, 2.45) is 11.1 Å². The maximum absolute atomic E-state index is 13.9. The van der Waals surface area contributed by atoms with Crippen LogP contribution in [0.25, 0.3) is 5.70 Å².